The highest BCUT2D eigenvalue weighted by molar-refractivity contribution is 5.21. The Hall–Kier alpha value is -0.780. The van der Waals surface area contributed by atoms with E-state index in [-0.39, 0.29) is 0 Å². The van der Waals surface area contributed by atoms with E-state index in [1.54, 1.807) is 16.7 Å². The molecule has 0 aromatic heterocycles. The van der Waals surface area contributed by atoms with Crippen LogP contribution in [0, 0.1) is 17.3 Å². The van der Waals surface area contributed by atoms with Gasteiger partial charge in [-0.25, -0.2) is 0 Å². The summed E-state index contributed by atoms with van der Waals surface area (Å²) in [7, 11) is 0. The van der Waals surface area contributed by atoms with E-state index in [0.717, 1.165) is 11.8 Å². The Labute approximate surface area is 126 Å². The van der Waals surface area contributed by atoms with Crippen LogP contribution in [0.25, 0.3) is 0 Å². The summed E-state index contributed by atoms with van der Waals surface area (Å²) >= 11 is 0. The van der Waals surface area contributed by atoms with Crippen LogP contribution in [0.4, 0.5) is 0 Å². The van der Waals surface area contributed by atoms with Crippen LogP contribution in [-0.2, 0) is 0 Å². The molecule has 0 saturated heterocycles. The second-order valence-corrected chi connectivity index (χ2v) is 7.49. The summed E-state index contributed by atoms with van der Waals surface area (Å²) in [4.78, 5) is 0. The van der Waals surface area contributed by atoms with Crippen molar-refractivity contribution < 1.29 is 0 Å². The van der Waals surface area contributed by atoms with Crippen LogP contribution in [0.5, 0.6) is 0 Å². The summed E-state index contributed by atoms with van der Waals surface area (Å²) in [5.41, 5.74) is 5.31. The van der Waals surface area contributed by atoms with Crippen molar-refractivity contribution >= 4 is 0 Å². The van der Waals surface area contributed by atoms with E-state index in [1.165, 1.54) is 38.5 Å². The monoisotopic (exact) mass is 272 g/mol. The summed E-state index contributed by atoms with van der Waals surface area (Å²) < 4.78 is 0. The average Bonchev–Trinajstić information content (AvgIpc) is 2.41. The summed E-state index contributed by atoms with van der Waals surface area (Å²) in [6, 6.07) is 0. The van der Waals surface area contributed by atoms with Crippen LogP contribution in [0.1, 0.15) is 73.1 Å². The lowest BCUT2D eigenvalue weighted by atomic mass is 9.59. The molecule has 0 heteroatoms. The fourth-order valence-electron chi connectivity index (χ4n) is 3.86. The van der Waals surface area contributed by atoms with Crippen molar-refractivity contribution in [2.24, 2.45) is 17.3 Å². The first kappa shape index (κ1) is 15.6. The zero-order chi connectivity index (χ0) is 14.8. The molecule has 0 fully saturated rings. The molecule has 0 N–H and O–H groups in total. The van der Waals surface area contributed by atoms with Crippen LogP contribution in [-0.4, -0.2) is 0 Å². The van der Waals surface area contributed by atoms with Gasteiger partial charge in [0.1, 0.15) is 0 Å². The van der Waals surface area contributed by atoms with Crippen molar-refractivity contribution in [3.8, 4) is 0 Å². The van der Waals surface area contributed by atoms with E-state index in [1.807, 2.05) is 0 Å². The third-order valence-corrected chi connectivity index (χ3v) is 6.18. The predicted molar refractivity (Wildman–Crippen MR) is 89.7 cm³/mol. The molecular weight excluding hydrogens is 240 g/mol. The van der Waals surface area contributed by atoms with Gasteiger partial charge in [-0.15, -0.1) is 0 Å². The van der Waals surface area contributed by atoms with Gasteiger partial charge >= 0.3 is 0 Å². The number of hydrogen-bond acceptors (Lipinski definition) is 0. The van der Waals surface area contributed by atoms with Crippen LogP contribution < -0.4 is 0 Å². The average molecular weight is 272 g/mol. The standard InChI is InChI=1S/C20H32/c1-15-7-6-8-16(2)13-14-20(5)17(3)10-12-19(11-9-15)18(20)4/h8-9,12,17-18H,6-7,10-11,13-14H2,1-5H3/b15-9+,16-8+/t17-,18+,20+/m1/s1. The lowest BCUT2D eigenvalue weighted by Crippen LogP contribution is -2.36. The smallest absolute Gasteiger partial charge is 0.0133 e. The quantitative estimate of drug-likeness (QED) is 0.444. The van der Waals surface area contributed by atoms with Gasteiger partial charge in [-0.1, -0.05) is 55.7 Å². The van der Waals surface area contributed by atoms with Gasteiger partial charge in [0.15, 0.2) is 0 Å². The predicted octanol–water partition coefficient (Wildman–Crippen LogP) is 6.45. The first-order valence-electron chi connectivity index (χ1n) is 8.43. The van der Waals surface area contributed by atoms with Crippen LogP contribution in [0.2, 0.25) is 0 Å². The fraction of sp³-hybridized carbons (Fsp3) is 0.700. The van der Waals surface area contributed by atoms with Crippen LogP contribution in [0.15, 0.2) is 34.9 Å². The highest BCUT2D eigenvalue weighted by Crippen LogP contribution is 2.49. The molecule has 3 atom stereocenters. The van der Waals surface area contributed by atoms with E-state index in [9.17, 15) is 0 Å². The number of allylic oxidation sites excluding steroid dienone is 6. The summed E-state index contributed by atoms with van der Waals surface area (Å²) in [5, 5.41) is 0. The van der Waals surface area contributed by atoms with Gasteiger partial charge in [-0.05, 0) is 69.6 Å². The zero-order valence-corrected chi connectivity index (χ0v) is 14.1. The first-order chi connectivity index (χ1) is 9.43. The van der Waals surface area contributed by atoms with Crippen LogP contribution in [0.3, 0.4) is 0 Å². The second-order valence-electron chi connectivity index (χ2n) is 7.49. The Morgan fingerprint density at radius 1 is 1.00 bits per heavy atom. The molecule has 0 amide bonds. The molecule has 2 aliphatic carbocycles. The van der Waals surface area contributed by atoms with Crippen molar-refractivity contribution in [3.63, 3.8) is 0 Å². The van der Waals surface area contributed by atoms with Crippen molar-refractivity contribution in [1.82, 2.24) is 0 Å². The van der Waals surface area contributed by atoms with E-state index < -0.39 is 0 Å². The molecular formula is C20H32. The second kappa shape index (κ2) is 6.33. The Bertz CT molecular complexity index is 435. The summed E-state index contributed by atoms with van der Waals surface area (Å²) in [6.07, 6.45) is 15.0. The maximum atomic E-state index is 2.54. The van der Waals surface area contributed by atoms with Crippen molar-refractivity contribution in [1.29, 1.82) is 0 Å². The Morgan fingerprint density at radius 2 is 1.70 bits per heavy atom. The Morgan fingerprint density at radius 3 is 2.45 bits per heavy atom. The molecule has 0 nitrogen and oxygen atoms in total. The van der Waals surface area contributed by atoms with Gasteiger partial charge in [-0.2, -0.15) is 0 Å². The van der Waals surface area contributed by atoms with Crippen molar-refractivity contribution in [2.75, 3.05) is 0 Å². The highest BCUT2D eigenvalue weighted by atomic mass is 14.4. The highest BCUT2D eigenvalue weighted by Gasteiger charge is 2.39. The maximum absolute atomic E-state index is 2.54. The SMILES string of the molecule is C/C1=C\CC2=CC[C@@H](C)[C@](C)(CC/C(C)=C/CC1)[C@H]2C. The lowest BCUT2D eigenvalue weighted by molar-refractivity contribution is 0.110. The van der Waals surface area contributed by atoms with Gasteiger partial charge in [0.25, 0.3) is 0 Å². The largest absolute Gasteiger partial charge is 0.0853 e. The van der Waals surface area contributed by atoms with E-state index in [0.29, 0.717) is 5.41 Å². The molecule has 2 aliphatic rings. The normalized spacial score (nSPS) is 41.4. The zero-order valence-electron chi connectivity index (χ0n) is 14.1. The topological polar surface area (TPSA) is 0 Å². The molecule has 112 valence electrons. The summed E-state index contributed by atoms with van der Waals surface area (Å²) in [6.45, 7) is 12.1. The van der Waals surface area contributed by atoms with Gasteiger partial charge < -0.3 is 0 Å². The molecule has 0 unspecified atom stereocenters. The Kier molecular flexibility index (Phi) is 4.94. The van der Waals surface area contributed by atoms with Gasteiger partial charge in [0.05, 0.1) is 0 Å². The minimum Gasteiger partial charge on any atom is -0.0853 e. The molecule has 2 rings (SSSR count). The van der Waals surface area contributed by atoms with Crippen molar-refractivity contribution in [2.45, 2.75) is 73.1 Å². The molecule has 0 saturated carbocycles. The number of hydrogen-bond donors (Lipinski definition) is 0. The number of fused-ring (bicyclic) bond motifs is 2. The first-order valence-corrected chi connectivity index (χ1v) is 8.43. The minimum absolute atomic E-state index is 0.472. The van der Waals surface area contributed by atoms with E-state index in [2.05, 4.69) is 52.8 Å². The van der Waals surface area contributed by atoms with E-state index in [4.69, 9.17) is 0 Å². The molecule has 0 radical (unpaired) electrons. The van der Waals surface area contributed by atoms with Gasteiger partial charge in [0.2, 0.25) is 0 Å². The van der Waals surface area contributed by atoms with E-state index >= 15 is 0 Å². The third kappa shape index (κ3) is 3.27. The molecule has 0 spiro atoms. The molecule has 2 bridgehead atoms. The maximum Gasteiger partial charge on any atom is -0.0133 e. The molecule has 0 aromatic carbocycles. The van der Waals surface area contributed by atoms with Gasteiger partial charge in [0, 0.05) is 0 Å². The summed E-state index contributed by atoms with van der Waals surface area (Å²) in [5.74, 6) is 1.53. The molecule has 0 aliphatic heterocycles. The number of rotatable bonds is 0. The fourth-order valence-corrected chi connectivity index (χ4v) is 3.86. The molecule has 0 aromatic rings. The van der Waals surface area contributed by atoms with Crippen molar-refractivity contribution in [3.05, 3.63) is 34.9 Å². The lowest BCUT2D eigenvalue weighted by Gasteiger charge is -2.45. The molecule has 20 heavy (non-hydrogen) atoms. The molecule has 0 heterocycles. The van der Waals surface area contributed by atoms with Gasteiger partial charge in [-0.3, -0.25) is 0 Å². The third-order valence-electron chi connectivity index (χ3n) is 6.18. The Balaban J connectivity index is 2.30. The van der Waals surface area contributed by atoms with Crippen LogP contribution >= 0.6 is 0 Å². The minimum atomic E-state index is 0.472.